The van der Waals surface area contributed by atoms with E-state index in [2.05, 4.69) is 46.4 Å². The summed E-state index contributed by atoms with van der Waals surface area (Å²) in [5.74, 6) is 0.0806. The molecule has 2 aromatic heterocycles. The quantitative estimate of drug-likeness (QED) is 0.299. The van der Waals surface area contributed by atoms with E-state index in [-0.39, 0.29) is 24.0 Å². The number of carbonyl (C=O) groups is 1. The summed E-state index contributed by atoms with van der Waals surface area (Å²) in [6.07, 6.45) is 4.41. The van der Waals surface area contributed by atoms with Crippen LogP contribution in [0.25, 0.3) is 21.3 Å². The van der Waals surface area contributed by atoms with Gasteiger partial charge in [0.15, 0.2) is 0 Å². The number of fused-ring (bicyclic) bond motifs is 1. The number of hydrogen-bond acceptors (Lipinski definition) is 7. The molecule has 4 heterocycles. The van der Waals surface area contributed by atoms with Gasteiger partial charge < -0.3 is 20.8 Å². The van der Waals surface area contributed by atoms with Gasteiger partial charge in [0, 0.05) is 59.6 Å². The number of thiophene rings is 1. The molecule has 5 rings (SSSR count). The van der Waals surface area contributed by atoms with Crippen LogP contribution in [0.15, 0.2) is 30.5 Å². The van der Waals surface area contributed by atoms with Crippen molar-refractivity contribution in [1.29, 1.82) is 0 Å². The minimum atomic E-state index is -3.27. The lowest BCUT2D eigenvalue weighted by atomic mass is 9.89. The number of aromatic nitrogens is 1. The third-order valence-electron chi connectivity index (χ3n) is 8.03. The molecule has 2 aliphatic heterocycles. The number of nitrogens with one attached hydrogen (secondary N) is 2. The summed E-state index contributed by atoms with van der Waals surface area (Å²) in [5, 5.41) is 4.47. The molecule has 0 aliphatic carbocycles. The zero-order chi connectivity index (χ0) is 28.1. The monoisotopic (exact) mass is 587 g/mol. The van der Waals surface area contributed by atoms with E-state index in [1.165, 1.54) is 10.4 Å². The number of H-pyrrole nitrogens is 1. The van der Waals surface area contributed by atoms with E-state index in [9.17, 15) is 13.2 Å². The highest BCUT2D eigenvalue weighted by Gasteiger charge is 2.30. The largest absolute Gasteiger partial charge is 0.379 e. The Morgan fingerprint density at radius 1 is 1.18 bits per heavy atom. The maximum atomic E-state index is 13.1. The van der Waals surface area contributed by atoms with E-state index in [0.29, 0.717) is 19.5 Å². The molecular formula is C29H41N5O4S2. The van der Waals surface area contributed by atoms with Crippen LogP contribution in [-0.4, -0.2) is 86.7 Å². The van der Waals surface area contributed by atoms with E-state index >= 15 is 0 Å². The predicted molar refractivity (Wildman–Crippen MR) is 161 cm³/mol. The van der Waals surface area contributed by atoms with Crippen molar-refractivity contribution >= 4 is 38.2 Å². The van der Waals surface area contributed by atoms with Crippen molar-refractivity contribution < 1.29 is 17.9 Å². The first kappa shape index (κ1) is 29.2. The minimum absolute atomic E-state index is 0.168. The van der Waals surface area contributed by atoms with Crippen LogP contribution >= 0.6 is 11.3 Å². The molecule has 0 unspecified atom stereocenters. The number of aromatic amines is 1. The zero-order valence-corrected chi connectivity index (χ0v) is 24.9. The van der Waals surface area contributed by atoms with Crippen LogP contribution in [0.4, 0.5) is 0 Å². The first-order chi connectivity index (χ1) is 19.3. The molecule has 0 radical (unpaired) electrons. The number of nitrogens with two attached hydrogens (primary N) is 1. The average molecular weight is 588 g/mol. The average Bonchev–Trinajstić information content (AvgIpc) is 3.60. The van der Waals surface area contributed by atoms with Gasteiger partial charge in [0.1, 0.15) is 0 Å². The molecule has 1 amide bonds. The smallest absolute Gasteiger partial charge is 0.221 e. The SMILES string of the molecule is CCNCc1ccc(-c2cc(CC(N)=O)c3[nH]cc(C4CCN(S(=O)(=O)CCCN5CCOCC5)CC4)c3c2)s1. The van der Waals surface area contributed by atoms with Crippen LogP contribution in [0.3, 0.4) is 0 Å². The molecule has 0 atom stereocenters. The lowest BCUT2D eigenvalue weighted by Crippen LogP contribution is -2.41. The standard InChI is InChI=1S/C29H41N5O4S2/c1-2-31-19-24-4-5-27(39-24)22-16-23(18-28(30)35)29-25(17-22)26(20-32-29)21-6-9-34(10-7-21)40(36,37)15-3-8-33-11-13-38-14-12-33/h4-5,16-17,20-21,31-32H,2-3,6-15,18-19H2,1H3,(H2,30,35). The molecule has 0 bridgehead atoms. The van der Waals surface area contributed by atoms with Gasteiger partial charge in [-0.15, -0.1) is 11.3 Å². The normalized spacial score (nSPS) is 18.0. The van der Waals surface area contributed by atoms with Crippen molar-refractivity contribution in [2.24, 2.45) is 5.73 Å². The highest BCUT2D eigenvalue weighted by Crippen LogP contribution is 2.38. The summed E-state index contributed by atoms with van der Waals surface area (Å²) in [6.45, 7) is 8.92. The molecule has 0 spiro atoms. The fourth-order valence-corrected chi connectivity index (χ4v) is 8.36. The molecule has 3 aromatic rings. The fraction of sp³-hybridized carbons (Fsp3) is 0.552. The first-order valence-electron chi connectivity index (χ1n) is 14.3. The number of carbonyl (C=O) groups excluding carboxylic acids is 1. The van der Waals surface area contributed by atoms with Gasteiger partial charge in [-0.1, -0.05) is 6.92 Å². The molecule has 40 heavy (non-hydrogen) atoms. The molecule has 1 aromatic carbocycles. The second-order valence-corrected chi connectivity index (χ2v) is 14.0. The van der Waals surface area contributed by atoms with Gasteiger partial charge in [-0.05, 0) is 79.2 Å². The summed E-state index contributed by atoms with van der Waals surface area (Å²) < 4.78 is 33.2. The molecular weight excluding hydrogens is 546 g/mol. The van der Waals surface area contributed by atoms with Crippen molar-refractivity contribution in [2.75, 3.05) is 58.2 Å². The molecule has 2 saturated heterocycles. The highest BCUT2D eigenvalue weighted by molar-refractivity contribution is 7.89. The summed E-state index contributed by atoms with van der Waals surface area (Å²) in [7, 11) is -3.27. The van der Waals surface area contributed by atoms with Crippen LogP contribution in [0.2, 0.25) is 0 Å². The second kappa shape index (κ2) is 13.1. The van der Waals surface area contributed by atoms with Gasteiger partial charge in [-0.3, -0.25) is 9.69 Å². The van der Waals surface area contributed by atoms with Gasteiger partial charge in [-0.25, -0.2) is 12.7 Å². The maximum absolute atomic E-state index is 13.1. The highest BCUT2D eigenvalue weighted by atomic mass is 32.2. The summed E-state index contributed by atoms with van der Waals surface area (Å²) in [4.78, 5) is 20.0. The Labute approximate surface area is 241 Å². The van der Waals surface area contributed by atoms with E-state index in [4.69, 9.17) is 10.5 Å². The Kier molecular flexibility index (Phi) is 9.60. The van der Waals surface area contributed by atoms with Crippen molar-refractivity contribution in [2.45, 2.75) is 45.1 Å². The molecule has 218 valence electrons. The number of morpholine rings is 1. The van der Waals surface area contributed by atoms with Crippen molar-refractivity contribution in [1.82, 2.24) is 19.5 Å². The van der Waals surface area contributed by atoms with Gasteiger partial charge in [0.25, 0.3) is 0 Å². The number of primary amides is 1. The third kappa shape index (κ3) is 6.95. The van der Waals surface area contributed by atoms with E-state index < -0.39 is 10.0 Å². The Hall–Kier alpha value is -2.28. The number of hydrogen-bond donors (Lipinski definition) is 3. The van der Waals surface area contributed by atoms with Crippen LogP contribution in [0.5, 0.6) is 0 Å². The summed E-state index contributed by atoms with van der Waals surface area (Å²) in [5.41, 5.74) is 9.73. The van der Waals surface area contributed by atoms with E-state index in [1.54, 1.807) is 15.6 Å². The fourth-order valence-electron chi connectivity index (χ4n) is 5.88. The molecule has 4 N–H and O–H groups in total. The Bertz CT molecular complexity index is 1400. The summed E-state index contributed by atoms with van der Waals surface area (Å²) in [6, 6.07) is 8.57. The Balaban J connectivity index is 1.30. The van der Waals surface area contributed by atoms with Gasteiger partial charge in [0.2, 0.25) is 15.9 Å². The number of benzene rings is 1. The van der Waals surface area contributed by atoms with Crippen LogP contribution in [0, 0.1) is 0 Å². The number of ether oxygens (including phenoxy) is 1. The number of amides is 1. The predicted octanol–water partition coefficient (Wildman–Crippen LogP) is 3.27. The van der Waals surface area contributed by atoms with Gasteiger partial charge in [0.05, 0.1) is 25.4 Å². The molecule has 0 saturated carbocycles. The summed E-state index contributed by atoms with van der Waals surface area (Å²) >= 11 is 1.75. The van der Waals surface area contributed by atoms with Gasteiger partial charge in [-0.2, -0.15) is 0 Å². The molecule has 2 fully saturated rings. The lowest BCUT2D eigenvalue weighted by Gasteiger charge is -2.32. The van der Waals surface area contributed by atoms with E-state index in [1.807, 2.05) is 6.20 Å². The number of nitrogens with zero attached hydrogens (tertiary/aromatic N) is 2. The van der Waals surface area contributed by atoms with Crippen molar-refractivity contribution in [3.63, 3.8) is 0 Å². The van der Waals surface area contributed by atoms with Crippen molar-refractivity contribution in [3.05, 3.63) is 46.5 Å². The Morgan fingerprint density at radius 2 is 1.95 bits per heavy atom. The minimum Gasteiger partial charge on any atom is -0.379 e. The molecule has 11 heteroatoms. The zero-order valence-electron chi connectivity index (χ0n) is 23.3. The number of piperidine rings is 1. The second-order valence-electron chi connectivity index (χ2n) is 10.8. The third-order valence-corrected chi connectivity index (χ3v) is 11.1. The van der Waals surface area contributed by atoms with Crippen LogP contribution in [-0.2, 0) is 32.5 Å². The van der Waals surface area contributed by atoms with Crippen LogP contribution in [0.1, 0.15) is 48.1 Å². The first-order valence-corrected chi connectivity index (χ1v) is 16.8. The number of sulfonamides is 1. The molecule has 9 nitrogen and oxygen atoms in total. The van der Waals surface area contributed by atoms with Crippen LogP contribution < -0.4 is 11.1 Å². The molecule has 2 aliphatic rings. The Morgan fingerprint density at radius 3 is 2.67 bits per heavy atom. The maximum Gasteiger partial charge on any atom is 0.221 e. The van der Waals surface area contributed by atoms with Gasteiger partial charge >= 0.3 is 0 Å². The number of rotatable bonds is 12. The van der Waals surface area contributed by atoms with Crippen molar-refractivity contribution in [3.8, 4) is 10.4 Å². The van der Waals surface area contributed by atoms with E-state index in [0.717, 1.165) is 85.7 Å². The lowest BCUT2D eigenvalue weighted by molar-refractivity contribution is -0.117. The topological polar surface area (TPSA) is 121 Å².